The molecule has 0 saturated heterocycles. The summed E-state index contributed by atoms with van der Waals surface area (Å²) in [6, 6.07) is 16.0. The monoisotopic (exact) mass is 463 g/mol. The van der Waals surface area contributed by atoms with Crippen LogP contribution in [0.25, 0.3) is 11.1 Å². The highest BCUT2D eigenvalue weighted by atomic mass is 28.3. The van der Waals surface area contributed by atoms with Crippen molar-refractivity contribution in [3.8, 4) is 17.2 Å². The lowest BCUT2D eigenvalue weighted by atomic mass is 10.0. The van der Waals surface area contributed by atoms with Crippen LogP contribution in [-0.4, -0.2) is 44.5 Å². The van der Waals surface area contributed by atoms with E-state index in [1.165, 1.54) is 7.11 Å². The lowest BCUT2D eigenvalue weighted by Gasteiger charge is -2.26. The summed E-state index contributed by atoms with van der Waals surface area (Å²) in [5.74, 6) is -1.11. The molecule has 1 saturated carbocycles. The molecule has 0 bridgehead atoms. The summed E-state index contributed by atoms with van der Waals surface area (Å²) in [6.45, 7) is 6.39. The van der Waals surface area contributed by atoms with Crippen LogP contribution in [0.1, 0.15) is 33.6 Å². The van der Waals surface area contributed by atoms with Gasteiger partial charge in [0.25, 0.3) is 5.91 Å². The van der Waals surface area contributed by atoms with E-state index in [9.17, 15) is 19.6 Å². The van der Waals surface area contributed by atoms with Gasteiger partial charge in [0, 0.05) is 13.6 Å². The minimum Gasteiger partial charge on any atom is -0.465 e. The van der Waals surface area contributed by atoms with E-state index in [4.69, 9.17) is 4.74 Å². The van der Waals surface area contributed by atoms with Crippen molar-refractivity contribution in [3.05, 3.63) is 59.7 Å². The van der Waals surface area contributed by atoms with Gasteiger partial charge in [-0.15, -0.1) is 0 Å². The van der Waals surface area contributed by atoms with E-state index in [2.05, 4.69) is 36.3 Å². The molecule has 2 aromatic rings. The molecule has 8 heteroatoms. The number of carbonyl (C=O) groups excluding carboxylic acids is 3. The summed E-state index contributed by atoms with van der Waals surface area (Å²) < 4.78 is 4.78. The van der Waals surface area contributed by atoms with Crippen LogP contribution >= 0.6 is 0 Å². The van der Waals surface area contributed by atoms with Gasteiger partial charge in [0.1, 0.15) is 11.6 Å². The van der Waals surface area contributed by atoms with E-state index < -0.39 is 25.6 Å². The highest BCUT2D eigenvalue weighted by Crippen LogP contribution is 2.34. The molecular weight excluding hydrogens is 434 g/mol. The highest BCUT2D eigenvalue weighted by Gasteiger charge is 2.46. The van der Waals surface area contributed by atoms with Crippen molar-refractivity contribution >= 4 is 25.9 Å². The van der Waals surface area contributed by atoms with Crippen molar-refractivity contribution < 1.29 is 19.1 Å². The van der Waals surface area contributed by atoms with Crippen molar-refractivity contribution in [1.29, 1.82) is 5.26 Å². The summed E-state index contributed by atoms with van der Waals surface area (Å²) in [6.07, 6.45) is 1.27. The maximum absolute atomic E-state index is 13.1. The first-order valence-electron chi connectivity index (χ1n) is 10.9. The topological polar surface area (TPSA) is 108 Å². The number of amides is 2. The molecule has 0 radical (unpaired) electrons. The van der Waals surface area contributed by atoms with E-state index >= 15 is 0 Å². The maximum atomic E-state index is 13.1. The molecule has 1 aliphatic rings. The van der Waals surface area contributed by atoms with Crippen LogP contribution in [0, 0.1) is 11.3 Å². The third kappa shape index (κ3) is 6.30. The number of carbonyl (C=O) groups is 3. The number of rotatable bonds is 8. The van der Waals surface area contributed by atoms with Crippen LogP contribution in [0.5, 0.6) is 0 Å². The molecule has 172 valence electrons. The number of esters is 1. The molecular formula is C25H29N3O4Si. The first-order valence-corrected chi connectivity index (χ1v) is 14.6. The second-order valence-electron chi connectivity index (χ2n) is 9.63. The van der Waals surface area contributed by atoms with Gasteiger partial charge < -0.3 is 15.4 Å². The lowest BCUT2D eigenvalue weighted by molar-refractivity contribution is -0.123. The smallest absolute Gasteiger partial charge is 0.337 e. The molecule has 2 N–H and O–H groups in total. The average molecular weight is 464 g/mol. The molecule has 1 atom stereocenters. The van der Waals surface area contributed by atoms with Crippen LogP contribution in [0.2, 0.25) is 25.7 Å². The number of nitriles is 1. The molecule has 0 aliphatic heterocycles. The standard InChI is InChI=1S/C25H29N3O4Si/c1-32-24(31)20-10-6-8-18(14-20)17-7-5-9-19(13-17)22(29)27-21(15-33(2,3)4)23(30)28-25(16-26)11-12-25/h5-10,13-14,21H,11-12,15H2,1-4H3,(H,27,29)(H,28,30)/t21-/m0/s1. The first kappa shape index (κ1) is 24.2. The molecule has 3 rings (SSSR count). The van der Waals surface area contributed by atoms with Gasteiger partial charge in [-0.25, -0.2) is 4.79 Å². The van der Waals surface area contributed by atoms with Crippen molar-refractivity contribution in [2.75, 3.05) is 7.11 Å². The van der Waals surface area contributed by atoms with Gasteiger partial charge in [-0.2, -0.15) is 5.26 Å². The Morgan fingerprint density at radius 3 is 2.15 bits per heavy atom. The Bertz CT molecular complexity index is 1110. The quantitative estimate of drug-likeness (QED) is 0.458. The summed E-state index contributed by atoms with van der Waals surface area (Å²) in [5.41, 5.74) is 1.58. The summed E-state index contributed by atoms with van der Waals surface area (Å²) in [4.78, 5) is 37.9. The zero-order valence-electron chi connectivity index (χ0n) is 19.4. The Balaban J connectivity index is 1.81. The Morgan fingerprint density at radius 2 is 1.64 bits per heavy atom. The van der Waals surface area contributed by atoms with Gasteiger partial charge in [-0.3, -0.25) is 9.59 Å². The fourth-order valence-corrected chi connectivity index (χ4v) is 5.07. The minimum absolute atomic E-state index is 0.313. The number of benzene rings is 2. The van der Waals surface area contributed by atoms with Crippen molar-refractivity contribution in [2.24, 2.45) is 0 Å². The third-order valence-corrected chi connectivity index (χ3v) is 7.14. The molecule has 0 aromatic heterocycles. The Kier molecular flexibility index (Phi) is 7.03. The average Bonchev–Trinajstić information content (AvgIpc) is 3.57. The van der Waals surface area contributed by atoms with Crippen molar-refractivity contribution in [2.45, 2.75) is 50.1 Å². The number of ether oxygens (including phenoxy) is 1. The largest absolute Gasteiger partial charge is 0.465 e. The van der Waals surface area contributed by atoms with E-state index in [0.717, 1.165) is 11.1 Å². The third-order valence-electron chi connectivity index (χ3n) is 5.51. The number of hydrogen-bond donors (Lipinski definition) is 2. The predicted octanol–water partition coefficient (Wildman–Crippen LogP) is 3.75. The molecule has 33 heavy (non-hydrogen) atoms. The van der Waals surface area contributed by atoms with Crippen LogP contribution in [0.15, 0.2) is 48.5 Å². The van der Waals surface area contributed by atoms with E-state index in [1.807, 2.05) is 12.1 Å². The predicted molar refractivity (Wildman–Crippen MR) is 128 cm³/mol. The second-order valence-corrected chi connectivity index (χ2v) is 15.2. The van der Waals surface area contributed by atoms with Crippen molar-refractivity contribution in [3.63, 3.8) is 0 Å². The normalized spacial score (nSPS) is 15.0. The van der Waals surface area contributed by atoms with Crippen LogP contribution in [0.3, 0.4) is 0 Å². The summed E-state index contributed by atoms with van der Waals surface area (Å²) in [5, 5.41) is 15.0. The molecule has 2 aromatic carbocycles. The molecule has 0 spiro atoms. The molecule has 0 heterocycles. The van der Waals surface area contributed by atoms with E-state index in [1.54, 1.807) is 36.4 Å². The van der Waals surface area contributed by atoms with Gasteiger partial charge >= 0.3 is 5.97 Å². The van der Waals surface area contributed by atoms with E-state index in [0.29, 0.717) is 30.0 Å². The number of nitrogens with one attached hydrogen (secondary N) is 2. The fourth-order valence-electron chi connectivity index (χ4n) is 3.56. The number of hydrogen-bond acceptors (Lipinski definition) is 5. The van der Waals surface area contributed by atoms with E-state index in [-0.39, 0.29) is 11.8 Å². The molecule has 1 fully saturated rings. The molecule has 1 aliphatic carbocycles. The van der Waals surface area contributed by atoms with Crippen LogP contribution in [0.4, 0.5) is 0 Å². The van der Waals surface area contributed by atoms with Gasteiger partial charge in [0.05, 0.1) is 18.7 Å². The van der Waals surface area contributed by atoms with Crippen LogP contribution in [-0.2, 0) is 9.53 Å². The minimum atomic E-state index is -1.70. The van der Waals surface area contributed by atoms with Gasteiger partial charge in [-0.1, -0.05) is 43.9 Å². The zero-order valence-corrected chi connectivity index (χ0v) is 20.4. The zero-order chi connectivity index (χ0) is 24.2. The lowest BCUT2D eigenvalue weighted by Crippen LogP contribution is -2.52. The molecule has 0 unspecified atom stereocenters. The first-order chi connectivity index (χ1) is 15.6. The highest BCUT2D eigenvalue weighted by molar-refractivity contribution is 6.76. The fraction of sp³-hybridized carbons (Fsp3) is 0.360. The Morgan fingerprint density at radius 1 is 1.06 bits per heavy atom. The number of methoxy groups -OCH3 is 1. The van der Waals surface area contributed by atoms with Crippen molar-refractivity contribution in [1.82, 2.24) is 10.6 Å². The molecule has 7 nitrogen and oxygen atoms in total. The molecule has 2 amide bonds. The maximum Gasteiger partial charge on any atom is 0.337 e. The summed E-state index contributed by atoms with van der Waals surface area (Å²) in [7, 11) is -0.375. The SMILES string of the molecule is COC(=O)c1cccc(-c2cccc(C(=O)N[C@@H](C[Si](C)(C)C)C(=O)NC3(C#N)CC3)c2)c1. The number of nitrogens with zero attached hydrogens (tertiary/aromatic N) is 1. The van der Waals surface area contributed by atoms with Gasteiger partial charge in [0.15, 0.2) is 0 Å². The Labute approximate surface area is 195 Å². The summed E-state index contributed by atoms with van der Waals surface area (Å²) >= 11 is 0. The van der Waals surface area contributed by atoms with Crippen LogP contribution < -0.4 is 10.6 Å². The Hall–Kier alpha value is -3.44. The van der Waals surface area contributed by atoms with Gasteiger partial charge in [0.2, 0.25) is 5.91 Å². The van der Waals surface area contributed by atoms with Gasteiger partial charge in [-0.05, 0) is 54.3 Å². The second kappa shape index (κ2) is 9.59.